The van der Waals surface area contributed by atoms with Crippen molar-refractivity contribution < 1.29 is 0 Å². The number of hydrogen-bond acceptors (Lipinski definition) is 0. The van der Waals surface area contributed by atoms with Gasteiger partial charge in [-0.05, 0) is 0 Å². The molecule has 0 saturated heterocycles. The summed E-state index contributed by atoms with van der Waals surface area (Å²) in [4.78, 5) is 0. The number of halogens is 1. The molecule has 0 saturated carbocycles. The molecule has 0 unspecified atom stereocenters. The van der Waals surface area contributed by atoms with Gasteiger partial charge in [0.25, 0.3) is 0 Å². The normalized spacial score (nSPS) is 11.3. The Hall–Kier alpha value is -0.537. The molecular formula is C13H13BrGe. The molecule has 0 aliphatic heterocycles. The second kappa shape index (κ2) is 4.54. The Balaban J connectivity index is 2.44. The zero-order chi connectivity index (χ0) is 10.7. The Bertz CT molecular complexity index is 381. The Morgan fingerprint density at radius 2 is 1.07 bits per heavy atom. The van der Waals surface area contributed by atoms with Crippen LogP contribution in [-0.4, -0.2) is 11.4 Å². The molecule has 2 heteroatoms. The van der Waals surface area contributed by atoms with Crippen molar-refractivity contribution in [2.24, 2.45) is 0 Å². The van der Waals surface area contributed by atoms with E-state index in [1.54, 1.807) is 0 Å². The van der Waals surface area contributed by atoms with Crippen LogP contribution in [0.15, 0.2) is 60.7 Å². The molecule has 0 radical (unpaired) electrons. The van der Waals surface area contributed by atoms with Crippen LogP contribution in [0.1, 0.15) is 0 Å². The minimum atomic E-state index is -2.18. The molecule has 15 heavy (non-hydrogen) atoms. The van der Waals surface area contributed by atoms with Gasteiger partial charge in [-0.15, -0.1) is 0 Å². The van der Waals surface area contributed by atoms with E-state index in [0.29, 0.717) is 0 Å². The van der Waals surface area contributed by atoms with Crippen LogP contribution in [-0.2, 0) is 0 Å². The van der Waals surface area contributed by atoms with Crippen molar-refractivity contribution in [1.29, 1.82) is 0 Å². The fraction of sp³-hybridized carbons (Fsp3) is 0.0769. The van der Waals surface area contributed by atoms with Gasteiger partial charge in [0.05, 0.1) is 0 Å². The van der Waals surface area contributed by atoms with E-state index in [9.17, 15) is 0 Å². The summed E-state index contributed by atoms with van der Waals surface area (Å²) in [5, 5.41) is 0. The van der Waals surface area contributed by atoms with Crippen LogP contribution in [0.25, 0.3) is 0 Å². The zero-order valence-electron chi connectivity index (χ0n) is 8.65. The molecule has 0 aliphatic carbocycles. The van der Waals surface area contributed by atoms with Gasteiger partial charge >= 0.3 is 101 Å². The second-order valence-corrected chi connectivity index (χ2v) is 18.6. The molecule has 0 fully saturated rings. The molecule has 2 aromatic rings. The summed E-state index contributed by atoms with van der Waals surface area (Å²) in [6.07, 6.45) is 0. The van der Waals surface area contributed by atoms with Gasteiger partial charge < -0.3 is 0 Å². The molecule has 0 N–H and O–H groups in total. The molecule has 2 rings (SSSR count). The Labute approximate surface area is 100 Å². The molecule has 0 spiro atoms. The third kappa shape index (κ3) is 2.35. The van der Waals surface area contributed by atoms with Gasteiger partial charge in [0.15, 0.2) is 0 Å². The quantitative estimate of drug-likeness (QED) is 0.746. The van der Waals surface area contributed by atoms with Gasteiger partial charge in [-0.25, -0.2) is 0 Å². The Kier molecular flexibility index (Phi) is 3.32. The summed E-state index contributed by atoms with van der Waals surface area (Å²) in [5.74, 6) is 2.37. The Morgan fingerprint density at radius 1 is 0.733 bits per heavy atom. The molecule has 0 atom stereocenters. The van der Waals surface area contributed by atoms with E-state index in [0.717, 1.165) is 0 Å². The van der Waals surface area contributed by atoms with Crippen LogP contribution in [0.5, 0.6) is 0 Å². The zero-order valence-corrected chi connectivity index (χ0v) is 12.3. The van der Waals surface area contributed by atoms with Crippen LogP contribution in [0.3, 0.4) is 0 Å². The van der Waals surface area contributed by atoms with Crippen molar-refractivity contribution in [2.45, 2.75) is 5.76 Å². The molecule has 0 aromatic heterocycles. The van der Waals surface area contributed by atoms with E-state index in [4.69, 9.17) is 0 Å². The molecule has 0 amide bonds. The topological polar surface area (TPSA) is 0 Å². The summed E-state index contributed by atoms with van der Waals surface area (Å²) in [6, 6.07) is 21.5. The van der Waals surface area contributed by atoms with Gasteiger partial charge in [-0.2, -0.15) is 0 Å². The molecule has 76 valence electrons. The molecule has 2 aromatic carbocycles. The maximum atomic E-state index is 3.99. The maximum absolute atomic E-state index is 3.99. The van der Waals surface area contributed by atoms with Crippen LogP contribution >= 0.6 is 14.0 Å². The van der Waals surface area contributed by atoms with Crippen molar-refractivity contribution in [3.8, 4) is 0 Å². The first-order valence-electron chi connectivity index (χ1n) is 5.01. The van der Waals surface area contributed by atoms with Gasteiger partial charge in [-0.3, -0.25) is 0 Å². The van der Waals surface area contributed by atoms with Crippen LogP contribution in [0, 0.1) is 0 Å². The van der Waals surface area contributed by atoms with E-state index < -0.39 is 11.4 Å². The van der Waals surface area contributed by atoms with Crippen LogP contribution in [0.2, 0.25) is 5.76 Å². The summed E-state index contributed by atoms with van der Waals surface area (Å²) in [7, 11) is 0. The minimum absolute atomic E-state index is 1.46. The van der Waals surface area contributed by atoms with E-state index in [1.165, 1.54) is 8.79 Å². The fourth-order valence-electron chi connectivity index (χ4n) is 1.67. The second-order valence-electron chi connectivity index (χ2n) is 3.74. The Morgan fingerprint density at radius 3 is 1.40 bits per heavy atom. The van der Waals surface area contributed by atoms with E-state index in [-0.39, 0.29) is 0 Å². The third-order valence-corrected chi connectivity index (χ3v) is 13.3. The summed E-state index contributed by atoms with van der Waals surface area (Å²) < 4.78 is 2.92. The first-order chi connectivity index (χ1) is 7.21. The SMILES string of the molecule is [CH3][Ge]([Br])([c]1ccccc1)[c]1ccccc1. The molecule has 0 nitrogen and oxygen atoms in total. The molecule has 0 bridgehead atoms. The summed E-state index contributed by atoms with van der Waals surface area (Å²) >= 11 is 1.80. The molecule has 0 heterocycles. The van der Waals surface area contributed by atoms with E-state index >= 15 is 0 Å². The standard InChI is InChI=1S/C13H13BrGe/c1-15(14,12-8-4-2-5-9-12)13-10-6-3-7-11-13/h2-11H,1H3. The number of rotatable bonds is 2. The van der Waals surface area contributed by atoms with Crippen molar-refractivity contribution in [2.75, 3.05) is 0 Å². The predicted octanol–water partition coefficient (Wildman–Crippen LogP) is 2.77. The van der Waals surface area contributed by atoms with Gasteiger partial charge in [-0.1, -0.05) is 0 Å². The van der Waals surface area contributed by atoms with E-state index in [1.807, 2.05) is 0 Å². The van der Waals surface area contributed by atoms with Gasteiger partial charge in [0.2, 0.25) is 0 Å². The van der Waals surface area contributed by atoms with Crippen LogP contribution < -0.4 is 8.79 Å². The van der Waals surface area contributed by atoms with Crippen molar-refractivity contribution >= 4 is 34.2 Å². The molecular weight excluding hydrogens is 309 g/mol. The van der Waals surface area contributed by atoms with E-state index in [2.05, 4.69) is 80.4 Å². The van der Waals surface area contributed by atoms with Gasteiger partial charge in [0.1, 0.15) is 0 Å². The average Bonchev–Trinajstić information content (AvgIpc) is 2.31. The monoisotopic (exact) mass is 322 g/mol. The molecule has 0 aliphatic rings. The van der Waals surface area contributed by atoms with Crippen molar-refractivity contribution in [1.82, 2.24) is 0 Å². The van der Waals surface area contributed by atoms with Gasteiger partial charge in [0, 0.05) is 0 Å². The number of benzene rings is 2. The first kappa shape index (κ1) is 11.0. The van der Waals surface area contributed by atoms with Crippen molar-refractivity contribution in [3.63, 3.8) is 0 Å². The predicted molar refractivity (Wildman–Crippen MR) is 72.7 cm³/mol. The fourth-order valence-corrected chi connectivity index (χ4v) is 8.55. The van der Waals surface area contributed by atoms with Crippen molar-refractivity contribution in [3.05, 3.63) is 60.7 Å². The third-order valence-electron chi connectivity index (χ3n) is 2.63. The first-order valence-corrected chi connectivity index (χ1v) is 14.1. The average molecular weight is 322 g/mol. The van der Waals surface area contributed by atoms with Crippen LogP contribution in [0.4, 0.5) is 0 Å². The number of hydrogen-bond donors (Lipinski definition) is 0. The summed E-state index contributed by atoms with van der Waals surface area (Å²) in [6.45, 7) is 0. The summed E-state index contributed by atoms with van der Waals surface area (Å²) in [5.41, 5.74) is 0.